The molecule has 5 aromatic rings. The summed E-state index contributed by atoms with van der Waals surface area (Å²) in [5, 5.41) is 24.7. The van der Waals surface area contributed by atoms with E-state index in [4.69, 9.17) is 0 Å². The zero-order valence-electron chi connectivity index (χ0n) is 17.0. The van der Waals surface area contributed by atoms with Gasteiger partial charge in [-0.05, 0) is 93.0 Å². The molecule has 0 unspecified atom stereocenters. The largest absolute Gasteiger partial charge is 0.508 e. The van der Waals surface area contributed by atoms with Gasteiger partial charge in [0, 0.05) is 0 Å². The van der Waals surface area contributed by atoms with Gasteiger partial charge in [-0.2, -0.15) is 0 Å². The van der Waals surface area contributed by atoms with Crippen LogP contribution in [0.2, 0.25) is 0 Å². The molecule has 0 bridgehead atoms. The molecule has 30 heavy (non-hydrogen) atoms. The normalized spacial score (nSPS) is 11.3. The lowest BCUT2D eigenvalue weighted by atomic mass is 9.85. The number of rotatable bonds is 2. The highest BCUT2D eigenvalue weighted by atomic mass is 16.3. The van der Waals surface area contributed by atoms with E-state index < -0.39 is 0 Å². The van der Waals surface area contributed by atoms with Crippen LogP contribution in [0.25, 0.3) is 43.8 Å². The highest BCUT2D eigenvalue weighted by Crippen LogP contribution is 2.44. The third kappa shape index (κ3) is 2.81. The summed E-state index contributed by atoms with van der Waals surface area (Å²) in [6.07, 6.45) is 0. The van der Waals surface area contributed by atoms with Gasteiger partial charge in [-0.1, -0.05) is 60.7 Å². The zero-order chi connectivity index (χ0) is 20.8. The zero-order valence-corrected chi connectivity index (χ0v) is 17.0. The Labute approximate surface area is 175 Å². The summed E-state index contributed by atoms with van der Waals surface area (Å²) in [6.45, 7) is 3.85. The molecule has 2 nitrogen and oxygen atoms in total. The Morgan fingerprint density at radius 2 is 0.800 bits per heavy atom. The van der Waals surface area contributed by atoms with Crippen molar-refractivity contribution in [3.05, 3.63) is 96.1 Å². The minimum Gasteiger partial charge on any atom is -0.508 e. The Morgan fingerprint density at radius 1 is 0.467 bits per heavy atom. The molecule has 5 rings (SSSR count). The van der Waals surface area contributed by atoms with Gasteiger partial charge in [0.1, 0.15) is 11.5 Å². The molecule has 0 aromatic heterocycles. The second-order valence-electron chi connectivity index (χ2n) is 7.84. The summed E-state index contributed by atoms with van der Waals surface area (Å²) in [7, 11) is 0. The van der Waals surface area contributed by atoms with Crippen LogP contribution in [0.1, 0.15) is 11.1 Å². The second kappa shape index (κ2) is 6.93. The smallest absolute Gasteiger partial charge is 0.118 e. The number of benzene rings is 5. The molecule has 0 aliphatic rings. The van der Waals surface area contributed by atoms with Crippen molar-refractivity contribution >= 4 is 21.5 Å². The summed E-state index contributed by atoms with van der Waals surface area (Å²) in [4.78, 5) is 0. The van der Waals surface area contributed by atoms with Crippen LogP contribution >= 0.6 is 0 Å². The molecule has 2 N–H and O–H groups in total. The number of hydrogen-bond donors (Lipinski definition) is 2. The summed E-state index contributed by atoms with van der Waals surface area (Å²) in [6, 6.07) is 28.5. The third-order valence-corrected chi connectivity index (χ3v) is 5.90. The van der Waals surface area contributed by atoms with E-state index in [1.54, 1.807) is 12.1 Å². The van der Waals surface area contributed by atoms with E-state index in [0.717, 1.165) is 22.3 Å². The summed E-state index contributed by atoms with van der Waals surface area (Å²) < 4.78 is 0. The summed E-state index contributed by atoms with van der Waals surface area (Å²) >= 11 is 0. The highest BCUT2D eigenvalue weighted by molar-refractivity contribution is 6.21. The Kier molecular flexibility index (Phi) is 4.22. The van der Waals surface area contributed by atoms with E-state index >= 15 is 0 Å². The Balaban J connectivity index is 1.96. The molecule has 0 aliphatic heterocycles. The van der Waals surface area contributed by atoms with Crippen LogP contribution in [0, 0.1) is 13.8 Å². The average molecular weight is 390 g/mol. The van der Waals surface area contributed by atoms with Crippen LogP contribution in [0.5, 0.6) is 11.5 Å². The predicted octanol–water partition coefficient (Wildman–Crippen LogP) is 7.36. The quantitative estimate of drug-likeness (QED) is 0.309. The lowest BCUT2D eigenvalue weighted by Crippen LogP contribution is -1.91. The molecule has 0 fully saturated rings. The SMILES string of the molecule is Cc1cc(-c2c3ccccc3c(-c3ccc(O)c(C)c3)c3ccccc23)ccc1O. The molecule has 2 heteroatoms. The summed E-state index contributed by atoms with van der Waals surface area (Å²) in [5.41, 5.74) is 6.24. The monoisotopic (exact) mass is 390 g/mol. The number of phenols is 2. The molecule has 0 atom stereocenters. The average Bonchev–Trinajstić information content (AvgIpc) is 2.76. The van der Waals surface area contributed by atoms with Crippen LogP contribution < -0.4 is 0 Å². The van der Waals surface area contributed by atoms with E-state index in [9.17, 15) is 10.2 Å². The fourth-order valence-electron chi connectivity index (χ4n) is 4.37. The first-order valence-corrected chi connectivity index (χ1v) is 10.1. The van der Waals surface area contributed by atoms with E-state index in [1.807, 2.05) is 38.1 Å². The molecule has 0 saturated carbocycles. The van der Waals surface area contributed by atoms with Crippen molar-refractivity contribution in [1.29, 1.82) is 0 Å². The highest BCUT2D eigenvalue weighted by Gasteiger charge is 2.17. The molecule has 0 spiro atoms. The van der Waals surface area contributed by atoms with Crippen molar-refractivity contribution < 1.29 is 10.2 Å². The lowest BCUT2D eigenvalue weighted by Gasteiger charge is -2.18. The number of fused-ring (bicyclic) bond motifs is 2. The van der Waals surface area contributed by atoms with Crippen LogP contribution in [-0.4, -0.2) is 10.2 Å². The molecule has 5 aromatic carbocycles. The molecule has 146 valence electrons. The van der Waals surface area contributed by atoms with Crippen molar-refractivity contribution in [1.82, 2.24) is 0 Å². The van der Waals surface area contributed by atoms with Gasteiger partial charge in [0.25, 0.3) is 0 Å². The fraction of sp³-hybridized carbons (Fsp3) is 0.0714. The predicted molar refractivity (Wildman–Crippen MR) is 125 cm³/mol. The standard InChI is InChI=1S/C28H22O2/c1-17-15-19(11-13-25(17)29)27-21-7-3-5-9-23(21)28(24-10-6-4-8-22(24)27)20-12-14-26(30)18(2)16-20/h3-16,29-30H,1-2H3. The minimum atomic E-state index is 0.309. The van der Waals surface area contributed by atoms with Gasteiger partial charge in [-0.25, -0.2) is 0 Å². The molecule has 0 amide bonds. The van der Waals surface area contributed by atoms with Gasteiger partial charge in [0.2, 0.25) is 0 Å². The molecule has 0 radical (unpaired) electrons. The number of aryl methyl sites for hydroxylation is 2. The maximum absolute atomic E-state index is 10.0. The van der Waals surface area contributed by atoms with Crippen LogP contribution in [0.15, 0.2) is 84.9 Å². The number of phenolic OH excluding ortho intramolecular Hbond substituents is 2. The number of aromatic hydroxyl groups is 2. The summed E-state index contributed by atoms with van der Waals surface area (Å²) in [5.74, 6) is 0.618. The van der Waals surface area contributed by atoms with Gasteiger partial charge in [0.05, 0.1) is 0 Å². The van der Waals surface area contributed by atoms with E-state index in [2.05, 4.69) is 48.5 Å². The molecule has 0 saturated heterocycles. The first-order valence-electron chi connectivity index (χ1n) is 10.1. The van der Waals surface area contributed by atoms with E-state index in [-0.39, 0.29) is 0 Å². The molecule has 0 aliphatic carbocycles. The van der Waals surface area contributed by atoms with Gasteiger partial charge in [0.15, 0.2) is 0 Å². The van der Waals surface area contributed by atoms with Crippen molar-refractivity contribution in [2.75, 3.05) is 0 Å². The molecular weight excluding hydrogens is 368 g/mol. The Morgan fingerprint density at radius 3 is 1.10 bits per heavy atom. The first kappa shape index (κ1) is 18.3. The molecular formula is C28H22O2. The second-order valence-corrected chi connectivity index (χ2v) is 7.84. The lowest BCUT2D eigenvalue weighted by molar-refractivity contribution is 0.471. The van der Waals surface area contributed by atoms with Gasteiger partial charge >= 0.3 is 0 Å². The Hall–Kier alpha value is -3.78. The maximum Gasteiger partial charge on any atom is 0.118 e. The van der Waals surface area contributed by atoms with Crippen LogP contribution in [0.4, 0.5) is 0 Å². The van der Waals surface area contributed by atoms with Crippen molar-refractivity contribution in [2.45, 2.75) is 13.8 Å². The van der Waals surface area contributed by atoms with Crippen molar-refractivity contribution in [3.8, 4) is 33.8 Å². The topological polar surface area (TPSA) is 40.5 Å². The minimum absolute atomic E-state index is 0.309. The van der Waals surface area contributed by atoms with Gasteiger partial charge in [-0.3, -0.25) is 0 Å². The van der Waals surface area contributed by atoms with Gasteiger partial charge < -0.3 is 10.2 Å². The number of hydrogen-bond acceptors (Lipinski definition) is 2. The van der Waals surface area contributed by atoms with Crippen molar-refractivity contribution in [3.63, 3.8) is 0 Å². The third-order valence-electron chi connectivity index (χ3n) is 5.90. The van der Waals surface area contributed by atoms with Crippen LogP contribution in [-0.2, 0) is 0 Å². The first-order chi connectivity index (χ1) is 14.5. The van der Waals surface area contributed by atoms with Crippen LogP contribution in [0.3, 0.4) is 0 Å². The maximum atomic E-state index is 10.0. The van der Waals surface area contributed by atoms with Crippen molar-refractivity contribution in [2.24, 2.45) is 0 Å². The van der Waals surface area contributed by atoms with E-state index in [0.29, 0.717) is 11.5 Å². The molecule has 0 heterocycles. The Bertz CT molecular complexity index is 1260. The van der Waals surface area contributed by atoms with Gasteiger partial charge in [-0.15, -0.1) is 0 Å². The fourth-order valence-corrected chi connectivity index (χ4v) is 4.37. The van der Waals surface area contributed by atoms with E-state index in [1.165, 1.54) is 32.7 Å².